The van der Waals surface area contributed by atoms with Crippen LogP contribution in [0.5, 0.6) is 0 Å². The molecule has 2 amide bonds. The van der Waals surface area contributed by atoms with E-state index in [2.05, 4.69) is 43.3 Å². The van der Waals surface area contributed by atoms with E-state index in [0.717, 1.165) is 38.5 Å². The molecular weight excluding hydrogens is 520 g/mol. The van der Waals surface area contributed by atoms with Crippen LogP contribution in [0.2, 0.25) is 0 Å². The van der Waals surface area contributed by atoms with Crippen LogP contribution in [0.25, 0.3) is 0 Å². The molecule has 2 aliphatic heterocycles. The predicted octanol–water partition coefficient (Wildman–Crippen LogP) is 3.49. The lowest BCUT2D eigenvalue weighted by Crippen LogP contribution is -2.59. The smallest absolute Gasteiger partial charge is 0.330 e. The lowest BCUT2D eigenvalue weighted by atomic mass is 9.67. The van der Waals surface area contributed by atoms with Gasteiger partial charge in [-0.05, 0) is 96.0 Å². The number of urea groups is 1. The monoisotopic (exact) mass is 564 g/mol. The van der Waals surface area contributed by atoms with Gasteiger partial charge < -0.3 is 25.1 Å². The molecule has 6 rings (SSSR count). The first-order valence-electron chi connectivity index (χ1n) is 15.1. The lowest BCUT2D eigenvalue weighted by Gasteiger charge is -2.52. The fourth-order valence-electron chi connectivity index (χ4n) is 7.77. The Kier molecular flexibility index (Phi) is 6.98. The number of carboxylic acids is 1. The molecule has 41 heavy (non-hydrogen) atoms. The van der Waals surface area contributed by atoms with Crippen molar-refractivity contribution >= 4 is 12.0 Å². The number of carbonyl (C=O) groups is 2. The second kappa shape index (κ2) is 10.1. The van der Waals surface area contributed by atoms with E-state index < -0.39 is 28.8 Å². The molecule has 2 heterocycles. The van der Waals surface area contributed by atoms with E-state index in [1.807, 2.05) is 11.0 Å². The van der Waals surface area contributed by atoms with Gasteiger partial charge in [0.15, 0.2) is 0 Å². The van der Waals surface area contributed by atoms with Crippen molar-refractivity contribution in [3.05, 3.63) is 59.9 Å². The maximum atomic E-state index is 14.2. The van der Waals surface area contributed by atoms with Crippen molar-refractivity contribution in [2.24, 2.45) is 0 Å². The Balaban J connectivity index is 1.30. The van der Waals surface area contributed by atoms with Crippen molar-refractivity contribution in [3.63, 3.8) is 0 Å². The number of aliphatic hydroxyl groups is 2. The summed E-state index contributed by atoms with van der Waals surface area (Å²) in [6, 6.07) is 9.58. The van der Waals surface area contributed by atoms with Gasteiger partial charge in [-0.15, -0.1) is 0 Å². The van der Waals surface area contributed by atoms with Gasteiger partial charge in [-0.1, -0.05) is 30.3 Å². The number of hydrogen-bond donors (Lipinski definition) is 3. The second-order valence-electron chi connectivity index (χ2n) is 13.5. The van der Waals surface area contributed by atoms with Crippen molar-refractivity contribution in [3.8, 4) is 0 Å². The van der Waals surface area contributed by atoms with Crippen molar-refractivity contribution < 1.29 is 24.9 Å². The molecule has 222 valence electrons. The summed E-state index contributed by atoms with van der Waals surface area (Å²) < 4.78 is 0. The van der Waals surface area contributed by atoms with E-state index in [4.69, 9.17) is 0 Å². The van der Waals surface area contributed by atoms with Crippen LogP contribution >= 0.6 is 0 Å². The largest absolute Gasteiger partial charge is 0.479 e. The summed E-state index contributed by atoms with van der Waals surface area (Å²) in [6.45, 7) is 1.03. The molecule has 5 aliphatic rings. The van der Waals surface area contributed by atoms with Crippen LogP contribution in [0, 0.1) is 0 Å². The minimum absolute atomic E-state index is 0.129. The summed E-state index contributed by atoms with van der Waals surface area (Å²) in [7, 11) is 4.26. The van der Waals surface area contributed by atoms with E-state index in [1.165, 1.54) is 5.56 Å². The fourth-order valence-corrected chi connectivity index (χ4v) is 7.77. The summed E-state index contributed by atoms with van der Waals surface area (Å²) in [5.41, 5.74) is -0.370. The minimum Gasteiger partial charge on any atom is -0.479 e. The number of aliphatic carboxylic acids is 1. The molecular formula is C32H44N4O5. The van der Waals surface area contributed by atoms with E-state index >= 15 is 0 Å². The molecule has 0 bridgehead atoms. The Bertz CT molecular complexity index is 1230. The predicted molar refractivity (Wildman–Crippen MR) is 155 cm³/mol. The molecule has 0 aromatic heterocycles. The number of nitrogens with zero attached hydrogens (tertiary/aromatic N) is 4. The zero-order valence-corrected chi connectivity index (χ0v) is 24.3. The topological polar surface area (TPSA) is 108 Å². The number of rotatable bonds is 8. The molecule has 1 unspecified atom stereocenters. The zero-order valence-electron chi connectivity index (χ0n) is 24.3. The first-order chi connectivity index (χ1) is 19.5. The molecule has 4 fully saturated rings. The fraction of sp³-hybridized carbons (Fsp3) is 0.625. The summed E-state index contributed by atoms with van der Waals surface area (Å²) in [4.78, 5) is 34.0. The van der Waals surface area contributed by atoms with Crippen molar-refractivity contribution in [2.45, 2.75) is 92.5 Å². The Morgan fingerprint density at radius 2 is 1.54 bits per heavy atom. The summed E-state index contributed by atoms with van der Waals surface area (Å²) in [6.07, 6.45) is 13.1. The highest BCUT2D eigenvalue weighted by molar-refractivity contribution is 5.82. The van der Waals surface area contributed by atoms with Gasteiger partial charge in [-0.2, -0.15) is 0 Å². The van der Waals surface area contributed by atoms with Crippen molar-refractivity contribution in [2.75, 3.05) is 33.7 Å². The molecule has 1 saturated heterocycles. The maximum Gasteiger partial charge on any atom is 0.330 e. The molecule has 3 N–H and O–H groups in total. The van der Waals surface area contributed by atoms with Crippen LogP contribution in [0.1, 0.15) is 69.8 Å². The minimum atomic E-state index is -0.981. The molecule has 3 saturated carbocycles. The SMILES string of the molecule is CN(C)C1(c2ccccc2)CCC2(CC1)CN(C1=CN(CC3(O)CCC3)C(C(=O)O)C=C1)C(=O)N2CC1(O)CCC1. The maximum absolute atomic E-state index is 14.2. The Morgan fingerprint density at radius 1 is 0.927 bits per heavy atom. The molecule has 9 nitrogen and oxygen atoms in total. The van der Waals surface area contributed by atoms with Gasteiger partial charge in [0, 0.05) is 18.3 Å². The van der Waals surface area contributed by atoms with Gasteiger partial charge in [0.25, 0.3) is 0 Å². The molecule has 1 spiro atoms. The van der Waals surface area contributed by atoms with E-state index in [9.17, 15) is 24.9 Å². The molecule has 1 aromatic rings. The van der Waals surface area contributed by atoms with Crippen molar-refractivity contribution in [1.82, 2.24) is 19.6 Å². The first-order valence-corrected chi connectivity index (χ1v) is 15.1. The second-order valence-corrected chi connectivity index (χ2v) is 13.5. The normalized spacial score (nSPS) is 32.2. The van der Waals surface area contributed by atoms with Crippen LogP contribution in [-0.2, 0) is 10.3 Å². The van der Waals surface area contributed by atoms with E-state index in [0.29, 0.717) is 44.5 Å². The van der Waals surface area contributed by atoms with Crippen LogP contribution in [-0.4, -0.2) is 103 Å². The van der Waals surface area contributed by atoms with Crippen LogP contribution in [0.3, 0.4) is 0 Å². The third-order valence-electron chi connectivity index (χ3n) is 10.8. The highest BCUT2D eigenvalue weighted by Gasteiger charge is 2.57. The molecule has 9 heteroatoms. The van der Waals surface area contributed by atoms with Gasteiger partial charge >= 0.3 is 12.0 Å². The van der Waals surface area contributed by atoms with Crippen molar-refractivity contribution in [1.29, 1.82) is 0 Å². The quantitative estimate of drug-likeness (QED) is 0.444. The van der Waals surface area contributed by atoms with Crippen LogP contribution in [0.4, 0.5) is 4.79 Å². The van der Waals surface area contributed by atoms with E-state index in [-0.39, 0.29) is 18.1 Å². The van der Waals surface area contributed by atoms with Gasteiger partial charge in [0.1, 0.15) is 6.04 Å². The first kappa shape index (κ1) is 28.2. The molecule has 1 aromatic carbocycles. The van der Waals surface area contributed by atoms with Crippen LogP contribution in [0.15, 0.2) is 54.4 Å². The standard InChI is InChI=1S/C32H44N4O5/c1-33(2)32(24-8-4-3-5-9-24)18-16-29(17-19-32)21-35(28(39)36(29)23-31(41)14-7-15-31)25-10-11-26(27(37)38)34(20-25)22-30(40)12-6-13-30/h3-5,8-11,20,26,40-41H,6-7,12-19,21-23H2,1-2H3,(H,37,38). The van der Waals surface area contributed by atoms with Gasteiger partial charge in [0.05, 0.1) is 35.5 Å². The Morgan fingerprint density at radius 3 is 2.07 bits per heavy atom. The molecule has 0 radical (unpaired) electrons. The number of carbonyl (C=O) groups excluding carboxylic acids is 1. The van der Waals surface area contributed by atoms with Gasteiger partial charge in [-0.3, -0.25) is 9.80 Å². The third-order valence-corrected chi connectivity index (χ3v) is 10.8. The highest BCUT2D eigenvalue weighted by atomic mass is 16.4. The molecule has 1 atom stereocenters. The average molecular weight is 565 g/mol. The number of allylic oxidation sites excluding steroid dienone is 1. The lowest BCUT2D eigenvalue weighted by molar-refractivity contribution is -0.142. The summed E-state index contributed by atoms with van der Waals surface area (Å²) in [5.74, 6) is -0.981. The zero-order chi connectivity index (χ0) is 29.0. The van der Waals surface area contributed by atoms with Gasteiger partial charge in [-0.25, -0.2) is 9.59 Å². The third kappa shape index (κ3) is 4.85. The van der Waals surface area contributed by atoms with Crippen LogP contribution < -0.4 is 0 Å². The number of hydrogen-bond acceptors (Lipinski definition) is 6. The Labute approximate surface area is 242 Å². The highest BCUT2D eigenvalue weighted by Crippen LogP contribution is 2.50. The average Bonchev–Trinajstić information content (AvgIpc) is 3.18. The van der Waals surface area contributed by atoms with E-state index in [1.54, 1.807) is 28.2 Å². The summed E-state index contributed by atoms with van der Waals surface area (Å²) in [5, 5.41) is 31.9. The molecule has 3 aliphatic carbocycles. The number of carboxylic acid groups (broad SMARTS) is 1. The number of benzene rings is 1. The number of β-amino-alcohol motifs (C(OH)–C–C–N with tert-alkyl or cyclic N) is 2. The Hall–Kier alpha value is -2.88. The number of amides is 2. The summed E-state index contributed by atoms with van der Waals surface area (Å²) >= 11 is 0. The van der Waals surface area contributed by atoms with Gasteiger partial charge in [0.2, 0.25) is 0 Å².